The Bertz CT molecular complexity index is 722. The van der Waals surface area contributed by atoms with Crippen molar-refractivity contribution in [2.45, 2.75) is 32.0 Å². The lowest BCUT2D eigenvalue weighted by atomic mass is 10.1. The molecule has 2 atom stereocenters. The Balaban J connectivity index is 1.81. The number of hydrogen-bond donors (Lipinski definition) is 2. The van der Waals surface area contributed by atoms with E-state index in [1.807, 2.05) is 48.5 Å². The zero-order valence-corrected chi connectivity index (χ0v) is 14.7. The molecule has 0 fully saturated rings. The van der Waals surface area contributed by atoms with Gasteiger partial charge in [-0.2, -0.15) is 0 Å². The van der Waals surface area contributed by atoms with Gasteiger partial charge in [-0.1, -0.05) is 60.1 Å². The largest absolute Gasteiger partial charge is 0.461 e. The van der Waals surface area contributed by atoms with Crippen LogP contribution in [0.4, 0.5) is 0 Å². The standard InChI is InChI=1S/C19H21ClN2O3/c1-13(15-9-5-6-10-16(15)20)22-19(24)17(21)11-18(23)25-12-14-7-3-2-4-8-14/h2-10,13,17H,11-12,21H2,1H3,(H,22,24)/t13-,17-/m0/s1. The maximum absolute atomic E-state index is 12.2. The zero-order valence-electron chi connectivity index (χ0n) is 13.9. The van der Waals surface area contributed by atoms with Crippen molar-refractivity contribution in [1.29, 1.82) is 0 Å². The van der Waals surface area contributed by atoms with Crippen LogP contribution < -0.4 is 11.1 Å². The summed E-state index contributed by atoms with van der Waals surface area (Å²) >= 11 is 6.11. The minimum atomic E-state index is -0.979. The van der Waals surface area contributed by atoms with Crippen LogP contribution in [0.25, 0.3) is 0 Å². The lowest BCUT2D eigenvalue weighted by Gasteiger charge is -2.18. The fourth-order valence-electron chi connectivity index (χ4n) is 2.29. The number of carbonyl (C=O) groups excluding carboxylic acids is 2. The van der Waals surface area contributed by atoms with Crippen molar-refractivity contribution in [2.75, 3.05) is 0 Å². The quantitative estimate of drug-likeness (QED) is 0.744. The number of esters is 1. The monoisotopic (exact) mass is 360 g/mol. The molecule has 6 heteroatoms. The average Bonchev–Trinajstić information content (AvgIpc) is 2.61. The molecule has 5 nitrogen and oxygen atoms in total. The molecule has 132 valence electrons. The molecule has 1 amide bonds. The van der Waals surface area contributed by atoms with Gasteiger partial charge in [0.1, 0.15) is 6.61 Å². The van der Waals surface area contributed by atoms with Gasteiger partial charge in [-0.3, -0.25) is 9.59 Å². The predicted octanol–water partition coefficient (Wildman–Crippen LogP) is 2.98. The third kappa shape index (κ3) is 5.89. The summed E-state index contributed by atoms with van der Waals surface area (Å²) < 4.78 is 5.14. The number of benzene rings is 2. The summed E-state index contributed by atoms with van der Waals surface area (Å²) in [4.78, 5) is 24.0. The maximum Gasteiger partial charge on any atom is 0.308 e. The molecule has 0 aliphatic carbocycles. The molecular formula is C19H21ClN2O3. The van der Waals surface area contributed by atoms with Crippen LogP contribution in [-0.4, -0.2) is 17.9 Å². The number of carbonyl (C=O) groups is 2. The van der Waals surface area contributed by atoms with Gasteiger partial charge in [0.25, 0.3) is 0 Å². The Kier molecular flexibility index (Phi) is 6.98. The van der Waals surface area contributed by atoms with Crippen LogP contribution >= 0.6 is 11.6 Å². The highest BCUT2D eigenvalue weighted by Crippen LogP contribution is 2.22. The first-order valence-corrected chi connectivity index (χ1v) is 8.35. The summed E-state index contributed by atoms with van der Waals surface area (Å²) in [5.41, 5.74) is 7.47. The smallest absolute Gasteiger partial charge is 0.308 e. The highest BCUT2D eigenvalue weighted by atomic mass is 35.5. The zero-order chi connectivity index (χ0) is 18.2. The lowest BCUT2D eigenvalue weighted by molar-refractivity contribution is -0.146. The topological polar surface area (TPSA) is 81.4 Å². The number of amides is 1. The Morgan fingerprint density at radius 1 is 1.12 bits per heavy atom. The van der Waals surface area contributed by atoms with Crippen LogP contribution in [0.15, 0.2) is 54.6 Å². The molecule has 0 spiro atoms. The SMILES string of the molecule is C[C@H](NC(=O)[C@@H](N)CC(=O)OCc1ccccc1)c1ccccc1Cl. The van der Waals surface area contributed by atoms with Crippen molar-refractivity contribution in [2.24, 2.45) is 5.73 Å². The maximum atomic E-state index is 12.2. The van der Waals surface area contributed by atoms with Crippen LogP contribution in [0.3, 0.4) is 0 Å². The summed E-state index contributed by atoms with van der Waals surface area (Å²) in [7, 11) is 0. The van der Waals surface area contributed by atoms with E-state index in [1.54, 1.807) is 13.0 Å². The van der Waals surface area contributed by atoms with Crippen molar-refractivity contribution in [3.8, 4) is 0 Å². The van der Waals surface area contributed by atoms with E-state index in [1.165, 1.54) is 0 Å². The summed E-state index contributed by atoms with van der Waals surface area (Å²) in [6.45, 7) is 1.96. The van der Waals surface area contributed by atoms with Crippen LogP contribution in [0.1, 0.15) is 30.5 Å². The van der Waals surface area contributed by atoms with E-state index in [0.717, 1.165) is 11.1 Å². The number of hydrogen-bond acceptors (Lipinski definition) is 4. The molecule has 0 aliphatic rings. The fourth-order valence-corrected chi connectivity index (χ4v) is 2.59. The van der Waals surface area contributed by atoms with Gasteiger partial charge in [-0.15, -0.1) is 0 Å². The molecule has 0 saturated carbocycles. The minimum absolute atomic E-state index is 0.157. The molecule has 3 N–H and O–H groups in total. The van der Waals surface area contributed by atoms with Gasteiger partial charge in [0.15, 0.2) is 0 Å². The van der Waals surface area contributed by atoms with E-state index in [9.17, 15) is 9.59 Å². The van der Waals surface area contributed by atoms with Gasteiger partial charge in [0.05, 0.1) is 18.5 Å². The second-order valence-corrected chi connectivity index (χ2v) is 6.12. The first-order chi connectivity index (χ1) is 12.0. The van der Waals surface area contributed by atoms with Crippen LogP contribution in [-0.2, 0) is 20.9 Å². The van der Waals surface area contributed by atoms with Crippen molar-refractivity contribution >= 4 is 23.5 Å². The molecule has 2 aromatic carbocycles. The third-order valence-electron chi connectivity index (χ3n) is 3.70. The van der Waals surface area contributed by atoms with E-state index in [0.29, 0.717) is 5.02 Å². The van der Waals surface area contributed by atoms with E-state index in [-0.39, 0.29) is 19.1 Å². The molecular weight excluding hydrogens is 340 g/mol. The Labute approximate surface area is 152 Å². The third-order valence-corrected chi connectivity index (χ3v) is 4.04. The molecule has 0 radical (unpaired) electrons. The number of nitrogens with two attached hydrogens (primary N) is 1. The molecule has 0 saturated heterocycles. The number of halogens is 1. The second-order valence-electron chi connectivity index (χ2n) is 5.71. The summed E-state index contributed by atoms with van der Waals surface area (Å²) in [6, 6.07) is 15.2. The van der Waals surface area contributed by atoms with Gasteiger partial charge in [-0.05, 0) is 24.1 Å². The van der Waals surface area contributed by atoms with Crippen molar-refractivity contribution in [1.82, 2.24) is 5.32 Å². The van der Waals surface area contributed by atoms with Crippen LogP contribution in [0.5, 0.6) is 0 Å². The number of rotatable bonds is 7. The Morgan fingerprint density at radius 2 is 1.76 bits per heavy atom. The molecule has 2 rings (SSSR count). The van der Waals surface area contributed by atoms with Crippen molar-refractivity contribution in [3.05, 3.63) is 70.7 Å². The first kappa shape index (κ1) is 19.0. The molecule has 2 aromatic rings. The van der Waals surface area contributed by atoms with Gasteiger partial charge in [-0.25, -0.2) is 0 Å². The average molecular weight is 361 g/mol. The van der Waals surface area contributed by atoms with Crippen LogP contribution in [0, 0.1) is 0 Å². The van der Waals surface area contributed by atoms with Gasteiger partial charge < -0.3 is 15.8 Å². The molecule has 0 unspecified atom stereocenters. The summed E-state index contributed by atoms with van der Waals surface area (Å²) in [5, 5.41) is 3.32. The fraction of sp³-hybridized carbons (Fsp3) is 0.263. The van der Waals surface area contributed by atoms with Gasteiger partial charge >= 0.3 is 5.97 Å². The van der Waals surface area contributed by atoms with Crippen molar-refractivity contribution in [3.63, 3.8) is 0 Å². The molecule has 25 heavy (non-hydrogen) atoms. The second kappa shape index (κ2) is 9.20. The molecule has 0 aromatic heterocycles. The van der Waals surface area contributed by atoms with Crippen LogP contribution in [0.2, 0.25) is 5.02 Å². The highest BCUT2D eigenvalue weighted by molar-refractivity contribution is 6.31. The number of nitrogens with one attached hydrogen (secondary N) is 1. The molecule has 0 aliphatic heterocycles. The van der Waals surface area contributed by atoms with Gasteiger partial charge in [0.2, 0.25) is 5.91 Å². The van der Waals surface area contributed by atoms with Gasteiger partial charge in [0, 0.05) is 5.02 Å². The summed E-state index contributed by atoms with van der Waals surface area (Å²) in [5.74, 6) is -0.944. The van der Waals surface area contributed by atoms with E-state index < -0.39 is 17.9 Å². The Hall–Kier alpha value is -2.37. The molecule has 0 heterocycles. The molecule has 0 bridgehead atoms. The normalized spacial score (nSPS) is 12.9. The summed E-state index contributed by atoms with van der Waals surface area (Å²) in [6.07, 6.45) is -0.187. The number of ether oxygens (including phenoxy) is 1. The van der Waals surface area contributed by atoms with E-state index in [4.69, 9.17) is 22.1 Å². The minimum Gasteiger partial charge on any atom is -0.461 e. The lowest BCUT2D eigenvalue weighted by Crippen LogP contribution is -2.43. The Morgan fingerprint density at radius 3 is 2.44 bits per heavy atom. The van der Waals surface area contributed by atoms with E-state index >= 15 is 0 Å². The van der Waals surface area contributed by atoms with E-state index in [2.05, 4.69) is 5.32 Å². The highest BCUT2D eigenvalue weighted by Gasteiger charge is 2.21. The van der Waals surface area contributed by atoms with Crippen molar-refractivity contribution < 1.29 is 14.3 Å². The first-order valence-electron chi connectivity index (χ1n) is 7.97. The predicted molar refractivity (Wildman–Crippen MR) is 96.8 cm³/mol.